The molecule has 2 rings (SSSR count). The summed E-state index contributed by atoms with van der Waals surface area (Å²) in [6.45, 7) is 5.04. The Labute approximate surface area is 136 Å². The molecular formula is C16H21ClN4O. The molecule has 1 aromatic carbocycles. The van der Waals surface area contributed by atoms with Crippen LogP contribution < -0.4 is 15.0 Å². The Balaban J connectivity index is 1.91. The van der Waals surface area contributed by atoms with Crippen LogP contribution in [0.1, 0.15) is 11.1 Å². The molecule has 1 N–H and O–H groups in total. The summed E-state index contributed by atoms with van der Waals surface area (Å²) in [5.41, 5.74) is 2.06. The molecule has 0 aliphatic rings. The standard InChI is InChI=1S/C16H21ClN4O/c1-11-6-5-7-13(17)14(11)22-9-8-18-16-19-10-12(2)15(20-16)21(3)4/h5-7,10H,8-9H2,1-4H3,(H,18,19,20). The van der Waals surface area contributed by atoms with Crippen molar-refractivity contribution in [1.82, 2.24) is 9.97 Å². The van der Waals surface area contributed by atoms with Crippen LogP contribution in [0.5, 0.6) is 5.75 Å². The third-order valence-electron chi connectivity index (χ3n) is 3.16. The molecule has 2 aromatic rings. The monoisotopic (exact) mass is 320 g/mol. The second kappa shape index (κ2) is 7.31. The molecule has 118 valence electrons. The van der Waals surface area contributed by atoms with Gasteiger partial charge in [-0.05, 0) is 25.5 Å². The topological polar surface area (TPSA) is 50.3 Å². The number of para-hydroxylation sites is 1. The van der Waals surface area contributed by atoms with E-state index < -0.39 is 0 Å². The van der Waals surface area contributed by atoms with E-state index in [9.17, 15) is 0 Å². The lowest BCUT2D eigenvalue weighted by atomic mass is 10.2. The van der Waals surface area contributed by atoms with Crippen LogP contribution in [0.25, 0.3) is 0 Å². The first-order chi connectivity index (χ1) is 10.5. The van der Waals surface area contributed by atoms with Crippen LogP contribution in [0.2, 0.25) is 5.02 Å². The van der Waals surface area contributed by atoms with Gasteiger partial charge in [0.1, 0.15) is 18.2 Å². The molecule has 1 heterocycles. The quantitative estimate of drug-likeness (QED) is 0.828. The van der Waals surface area contributed by atoms with E-state index in [2.05, 4.69) is 15.3 Å². The smallest absolute Gasteiger partial charge is 0.224 e. The van der Waals surface area contributed by atoms with Gasteiger partial charge >= 0.3 is 0 Å². The molecule has 0 fully saturated rings. The van der Waals surface area contributed by atoms with Gasteiger partial charge in [0.25, 0.3) is 0 Å². The van der Waals surface area contributed by atoms with E-state index in [0.29, 0.717) is 24.1 Å². The summed E-state index contributed by atoms with van der Waals surface area (Å²) in [5.74, 6) is 2.22. The SMILES string of the molecule is Cc1cnc(NCCOc2c(C)cccc2Cl)nc1N(C)C. The van der Waals surface area contributed by atoms with E-state index in [4.69, 9.17) is 16.3 Å². The van der Waals surface area contributed by atoms with E-state index in [1.54, 1.807) is 0 Å². The van der Waals surface area contributed by atoms with Crippen LogP contribution >= 0.6 is 11.6 Å². The molecule has 22 heavy (non-hydrogen) atoms. The van der Waals surface area contributed by atoms with Gasteiger partial charge in [-0.3, -0.25) is 0 Å². The molecule has 0 bridgehead atoms. The molecule has 6 heteroatoms. The largest absolute Gasteiger partial charge is 0.490 e. The zero-order valence-electron chi connectivity index (χ0n) is 13.4. The molecule has 0 radical (unpaired) electrons. The average molecular weight is 321 g/mol. The zero-order valence-corrected chi connectivity index (χ0v) is 14.1. The number of rotatable bonds is 6. The van der Waals surface area contributed by atoms with E-state index in [0.717, 1.165) is 22.7 Å². The van der Waals surface area contributed by atoms with Crippen LogP contribution in [0.4, 0.5) is 11.8 Å². The Kier molecular flexibility index (Phi) is 5.44. The van der Waals surface area contributed by atoms with Gasteiger partial charge in [0, 0.05) is 25.9 Å². The first-order valence-electron chi connectivity index (χ1n) is 7.12. The van der Waals surface area contributed by atoms with Gasteiger partial charge in [-0.25, -0.2) is 4.98 Å². The molecule has 0 spiro atoms. The highest BCUT2D eigenvalue weighted by Gasteiger charge is 2.07. The molecular weight excluding hydrogens is 300 g/mol. The first kappa shape index (κ1) is 16.4. The lowest BCUT2D eigenvalue weighted by Crippen LogP contribution is -2.17. The highest BCUT2D eigenvalue weighted by molar-refractivity contribution is 6.32. The van der Waals surface area contributed by atoms with Crippen molar-refractivity contribution in [1.29, 1.82) is 0 Å². The van der Waals surface area contributed by atoms with E-state index in [1.807, 2.05) is 57.2 Å². The maximum atomic E-state index is 6.12. The van der Waals surface area contributed by atoms with E-state index >= 15 is 0 Å². The van der Waals surface area contributed by atoms with Gasteiger partial charge < -0.3 is 15.0 Å². The Morgan fingerprint density at radius 3 is 2.68 bits per heavy atom. The molecule has 5 nitrogen and oxygen atoms in total. The summed E-state index contributed by atoms with van der Waals surface area (Å²) >= 11 is 6.12. The molecule has 0 unspecified atom stereocenters. The Bertz CT molecular complexity index is 626. The maximum absolute atomic E-state index is 6.12. The first-order valence-corrected chi connectivity index (χ1v) is 7.49. The van der Waals surface area contributed by atoms with E-state index in [1.165, 1.54) is 0 Å². The minimum atomic E-state index is 0.485. The van der Waals surface area contributed by atoms with Crippen LogP contribution in [-0.2, 0) is 0 Å². The summed E-state index contributed by atoms with van der Waals surface area (Å²) in [6.07, 6.45) is 1.81. The lowest BCUT2D eigenvalue weighted by molar-refractivity contribution is 0.330. The fraction of sp³-hybridized carbons (Fsp3) is 0.375. The van der Waals surface area contributed by atoms with Crippen molar-refractivity contribution in [2.75, 3.05) is 37.5 Å². The van der Waals surface area contributed by atoms with Gasteiger partial charge in [-0.2, -0.15) is 4.98 Å². The minimum Gasteiger partial charge on any atom is -0.490 e. The van der Waals surface area contributed by atoms with Crippen LogP contribution in [0.15, 0.2) is 24.4 Å². The number of halogens is 1. The lowest BCUT2D eigenvalue weighted by Gasteiger charge is -2.15. The number of ether oxygens (including phenoxy) is 1. The average Bonchev–Trinajstić information content (AvgIpc) is 2.47. The zero-order chi connectivity index (χ0) is 16.1. The molecule has 1 aromatic heterocycles. The molecule has 0 aliphatic heterocycles. The van der Waals surface area contributed by atoms with Gasteiger partial charge in [0.2, 0.25) is 5.95 Å². The molecule has 0 saturated heterocycles. The number of aromatic nitrogens is 2. The van der Waals surface area contributed by atoms with Crippen LogP contribution in [-0.4, -0.2) is 37.2 Å². The highest BCUT2D eigenvalue weighted by Crippen LogP contribution is 2.27. The predicted molar refractivity (Wildman–Crippen MR) is 91.3 cm³/mol. The molecule has 0 aliphatic carbocycles. The number of anilines is 2. The summed E-state index contributed by atoms with van der Waals surface area (Å²) in [4.78, 5) is 10.7. The molecule has 0 atom stereocenters. The van der Waals surface area contributed by atoms with Crippen LogP contribution in [0, 0.1) is 13.8 Å². The summed E-state index contributed by atoms with van der Waals surface area (Å²) in [6, 6.07) is 5.70. The van der Waals surface area contributed by atoms with Gasteiger partial charge in [0.15, 0.2) is 0 Å². The van der Waals surface area contributed by atoms with Crippen molar-refractivity contribution in [3.05, 3.63) is 40.5 Å². The minimum absolute atomic E-state index is 0.485. The number of nitrogens with one attached hydrogen (secondary N) is 1. The number of nitrogens with zero attached hydrogens (tertiary/aromatic N) is 3. The van der Waals surface area contributed by atoms with Crippen LogP contribution in [0.3, 0.4) is 0 Å². The molecule has 0 amide bonds. The fourth-order valence-corrected chi connectivity index (χ4v) is 2.36. The van der Waals surface area contributed by atoms with Crippen molar-refractivity contribution in [2.24, 2.45) is 0 Å². The normalized spacial score (nSPS) is 10.4. The second-order valence-electron chi connectivity index (χ2n) is 5.26. The Hall–Kier alpha value is -2.01. The van der Waals surface area contributed by atoms with Gasteiger partial charge in [-0.15, -0.1) is 0 Å². The maximum Gasteiger partial charge on any atom is 0.224 e. The number of benzene rings is 1. The Morgan fingerprint density at radius 2 is 2.00 bits per heavy atom. The molecule has 0 saturated carbocycles. The van der Waals surface area contributed by atoms with Crippen molar-refractivity contribution in [3.63, 3.8) is 0 Å². The fourth-order valence-electron chi connectivity index (χ4n) is 2.09. The summed E-state index contributed by atoms with van der Waals surface area (Å²) in [5, 5.41) is 3.79. The second-order valence-corrected chi connectivity index (χ2v) is 5.66. The number of hydrogen-bond acceptors (Lipinski definition) is 5. The third kappa shape index (κ3) is 4.01. The van der Waals surface area contributed by atoms with Crippen molar-refractivity contribution in [3.8, 4) is 5.75 Å². The van der Waals surface area contributed by atoms with Crippen molar-refractivity contribution < 1.29 is 4.74 Å². The van der Waals surface area contributed by atoms with Crippen molar-refractivity contribution in [2.45, 2.75) is 13.8 Å². The summed E-state index contributed by atoms with van der Waals surface area (Å²) in [7, 11) is 3.92. The van der Waals surface area contributed by atoms with Gasteiger partial charge in [-0.1, -0.05) is 23.7 Å². The highest BCUT2D eigenvalue weighted by atomic mass is 35.5. The summed E-state index contributed by atoms with van der Waals surface area (Å²) < 4.78 is 5.73. The Morgan fingerprint density at radius 1 is 1.23 bits per heavy atom. The van der Waals surface area contributed by atoms with Gasteiger partial charge in [0.05, 0.1) is 11.6 Å². The predicted octanol–water partition coefficient (Wildman–Crippen LogP) is 3.30. The van der Waals surface area contributed by atoms with Crippen molar-refractivity contribution >= 4 is 23.4 Å². The number of hydrogen-bond donors (Lipinski definition) is 1. The number of aryl methyl sites for hydroxylation is 2. The third-order valence-corrected chi connectivity index (χ3v) is 3.46. The van der Waals surface area contributed by atoms with E-state index in [-0.39, 0.29) is 0 Å².